The van der Waals surface area contributed by atoms with Crippen molar-refractivity contribution in [1.29, 1.82) is 0 Å². The minimum atomic E-state index is 0.132. The maximum Gasteiger partial charge on any atom is 0.264 e. The number of amides is 1. The van der Waals surface area contributed by atoms with Crippen LogP contribution in [0.3, 0.4) is 0 Å². The number of hydrogen-bond acceptors (Lipinski definition) is 7. The fourth-order valence-electron chi connectivity index (χ4n) is 2.32. The van der Waals surface area contributed by atoms with Crippen LogP contribution in [-0.2, 0) is 11.2 Å². The lowest BCUT2D eigenvalue weighted by molar-refractivity contribution is 0.0751. The topological polar surface area (TPSA) is 58.6 Å². The van der Waals surface area contributed by atoms with Crippen molar-refractivity contribution < 1.29 is 9.53 Å². The predicted molar refractivity (Wildman–Crippen MR) is 87.9 cm³/mol. The van der Waals surface area contributed by atoms with Crippen molar-refractivity contribution in [3.8, 4) is 0 Å². The number of piperazine rings is 1. The summed E-state index contributed by atoms with van der Waals surface area (Å²) in [5, 5.41) is 2.88. The van der Waals surface area contributed by atoms with E-state index in [9.17, 15) is 4.79 Å². The van der Waals surface area contributed by atoms with Crippen LogP contribution in [0.25, 0.3) is 0 Å². The van der Waals surface area contributed by atoms with Gasteiger partial charge in [0.2, 0.25) is 5.13 Å². The van der Waals surface area contributed by atoms with Gasteiger partial charge < -0.3 is 14.5 Å². The Hall–Kier alpha value is -1.51. The Labute approximate surface area is 137 Å². The van der Waals surface area contributed by atoms with Crippen LogP contribution in [0.5, 0.6) is 0 Å². The van der Waals surface area contributed by atoms with Gasteiger partial charge >= 0.3 is 0 Å². The van der Waals surface area contributed by atoms with Gasteiger partial charge in [-0.25, -0.2) is 4.98 Å². The number of anilines is 1. The lowest BCUT2D eigenvalue weighted by atomic mass is 10.3. The van der Waals surface area contributed by atoms with E-state index >= 15 is 0 Å². The summed E-state index contributed by atoms with van der Waals surface area (Å²) < 4.78 is 9.40. The summed E-state index contributed by atoms with van der Waals surface area (Å²) in [6.45, 7) is 3.69. The Morgan fingerprint density at radius 3 is 2.86 bits per heavy atom. The average Bonchev–Trinajstić information content (AvgIpc) is 3.24. The fourth-order valence-corrected chi connectivity index (χ4v) is 3.78. The van der Waals surface area contributed by atoms with Gasteiger partial charge in [0.1, 0.15) is 5.82 Å². The molecule has 2 aromatic rings. The van der Waals surface area contributed by atoms with Crippen molar-refractivity contribution in [2.45, 2.75) is 6.42 Å². The first-order valence-electron chi connectivity index (χ1n) is 7.17. The van der Waals surface area contributed by atoms with Crippen molar-refractivity contribution in [2.24, 2.45) is 0 Å². The van der Waals surface area contributed by atoms with Crippen molar-refractivity contribution in [1.82, 2.24) is 14.3 Å². The largest absolute Gasteiger partial charge is 0.384 e. The van der Waals surface area contributed by atoms with Gasteiger partial charge in [-0.1, -0.05) is 6.07 Å². The van der Waals surface area contributed by atoms with Crippen LogP contribution in [0.4, 0.5) is 5.13 Å². The lowest BCUT2D eigenvalue weighted by Gasteiger charge is -2.34. The Balaban J connectivity index is 1.55. The van der Waals surface area contributed by atoms with Crippen molar-refractivity contribution >= 4 is 33.9 Å². The quantitative estimate of drug-likeness (QED) is 0.831. The van der Waals surface area contributed by atoms with E-state index < -0.39 is 0 Å². The Morgan fingerprint density at radius 1 is 1.36 bits per heavy atom. The molecule has 0 unspecified atom stereocenters. The molecule has 0 atom stereocenters. The minimum Gasteiger partial charge on any atom is -0.384 e. The molecule has 1 fully saturated rings. The number of rotatable bonds is 5. The zero-order valence-electron chi connectivity index (χ0n) is 12.4. The number of aromatic nitrogens is 2. The SMILES string of the molecule is COCCc1nsc(N2CCN(C(=O)c3cccs3)CC2)n1. The standard InChI is InChI=1S/C14H18N4O2S2/c1-20-9-4-12-15-14(22-16-12)18-7-5-17(6-8-18)13(19)11-3-2-10-21-11/h2-3,10H,4-9H2,1H3. The van der Waals surface area contributed by atoms with E-state index in [0.717, 1.165) is 48.4 Å². The normalized spacial score (nSPS) is 15.3. The van der Waals surface area contributed by atoms with E-state index in [4.69, 9.17) is 4.74 Å². The number of ether oxygens (including phenoxy) is 1. The molecule has 0 spiro atoms. The third kappa shape index (κ3) is 3.45. The second kappa shape index (κ2) is 7.17. The van der Waals surface area contributed by atoms with Crippen LogP contribution in [0.1, 0.15) is 15.5 Å². The summed E-state index contributed by atoms with van der Waals surface area (Å²) in [6.07, 6.45) is 0.740. The summed E-state index contributed by atoms with van der Waals surface area (Å²) in [5.41, 5.74) is 0. The van der Waals surface area contributed by atoms with Gasteiger partial charge in [0.25, 0.3) is 5.91 Å². The van der Waals surface area contributed by atoms with Crippen LogP contribution in [0.15, 0.2) is 17.5 Å². The molecular weight excluding hydrogens is 320 g/mol. The van der Waals surface area contributed by atoms with E-state index in [1.54, 1.807) is 7.11 Å². The number of carbonyl (C=O) groups excluding carboxylic acids is 1. The molecular formula is C14H18N4O2S2. The molecule has 1 amide bonds. The van der Waals surface area contributed by atoms with Crippen LogP contribution in [0, 0.1) is 0 Å². The molecule has 118 valence electrons. The molecule has 22 heavy (non-hydrogen) atoms. The molecule has 0 N–H and O–H groups in total. The molecule has 8 heteroatoms. The van der Waals surface area contributed by atoms with E-state index in [0.29, 0.717) is 6.61 Å². The van der Waals surface area contributed by atoms with E-state index in [2.05, 4.69) is 14.3 Å². The van der Waals surface area contributed by atoms with Crippen molar-refractivity contribution in [3.63, 3.8) is 0 Å². The van der Waals surface area contributed by atoms with Gasteiger partial charge in [-0.3, -0.25) is 4.79 Å². The first-order valence-corrected chi connectivity index (χ1v) is 8.82. The molecule has 1 saturated heterocycles. The molecule has 6 nitrogen and oxygen atoms in total. The van der Waals surface area contributed by atoms with E-state index in [1.807, 2.05) is 22.4 Å². The van der Waals surface area contributed by atoms with Gasteiger partial charge in [-0.15, -0.1) is 11.3 Å². The number of thiophene rings is 1. The van der Waals surface area contributed by atoms with Crippen molar-refractivity contribution in [2.75, 3.05) is 44.8 Å². The number of methoxy groups -OCH3 is 1. The van der Waals surface area contributed by atoms with E-state index in [1.165, 1.54) is 22.9 Å². The molecule has 3 heterocycles. The monoisotopic (exact) mass is 338 g/mol. The number of hydrogen-bond donors (Lipinski definition) is 0. The third-order valence-electron chi connectivity index (χ3n) is 3.56. The van der Waals surface area contributed by atoms with Gasteiger partial charge in [0.05, 0.1) is 11.5 Å². The fraction of sp³-hybridized carbons (Fsp3) is 0.500. The molecule has 3 rings (SSSR count). The van der Waals surface area contributed by atoms with Crippen LogP contribution >= 0.6 is 22.9 Å². The molecule has 0 aliphatic carbocycles. The third-order valence-corrected chi connectivity index (χ3v) is 5.23. The van der Waals surface area contributed by atoms with Gasteiger partial charge in [-0.2, -0.15) is 4.37 Å². The highest BCUT2D eigenvalue weighted by molar-refractivity contribution is 7.12. The predicted octanol–water partition coefficient (Wildman–Crippen LogP) is 1.75. The highest BCUT2D eigenvalue weighted by Gasteiger charge is 2.24. The molecule has 0 bridgehead atoms. The first kappa shape index (κ1) is 15.4. The maximum atomic E-state index is 12.3. The summed E-state index contributed by atoms with van der Waals surface area (Å²) in [7, 11) is 1.68. The summed E-state index contributed by atoms with van der Waals surface area (Å²) in [5.74, 6) is 0.964. The molecule has 2 aromatic heterocycles. The highest BCUT2D eigenvalue weighted by Crippen LogP contribution is 2.20. The second-order valence-electron chi connectivity index (χ2n) is 4.99. The average molecular weight is 338 g/mol. The lowest BCUT2D eigenvalue weighted by Crippen LogP contribution is -2.48. The number of nitrogens with zero attached hydrogens (tertiary/aromatic N) is 4. The van der Waals surface area contributed by atoms with Gasteiger partial charge in [0, 0.05) is 51.2 Å². The minimum absolute atomic E-state index is 0.132. The highest BCUT2D eigenvalue weighted by atomic mass is 32.1. The smallest absolute Gasteiger partial charge is 0.264 e. The summed E-state index contributed by atoms with van der Waals surface area (Å²) in [6, 6.07) is 3.79. The summed E-state index contributed by atoms with van der Waals surface area (Å²) in [4.78, 5) is 21.8. The van der Waals surface area contributed by atoms with Crippen LogP contribution in [0.2, 0.25) is 0 Å². The van der Waals surface area contributed by atoms with Crippen molar-refractivity contribution in [3.05, 3.63) is 28.2 Å². The zero-order valence-corrected chi connectivity index (χ0v) is 14.0. The Morgan fingerprint density at radius 2 is 2.18 bits per heavy atom. The second-order valence-corrected chi connectivity index (χ2v) is 6.67. The Kier molecular flexibility index (Phi) is 5.01. The molecule has 0 aromatic carbocycles. The molecule has 0 radical (unpaired) electrons. The van der Waals surface area contributed by atoms with Crippen LogP contribution in [-0.4, -0.2) is 60.1 Å². The molecule has 1 aliphatic heterocycles. The zero-order chi connectivity index (χ0) is 15.4. The molecule has 0 saturated carbocycles. The van der Waals surface area contributed by atoms with E-state index in [-0.39, 0.29) is 5.91 Å². The summed E-state index contributed by atoms with van der Waals surface area (Å²) >= 11 is 2.92. The van der Waals surface area contributed by atoms with Gasteiger partial charge in [-0.05, 0) is 11.4 Å². The van der Waals surface area contributed by atoms with Gasteiger partial charge in [0.15, 0.2) is 0 Å². The Bertz CT molecular complexity index is 606. The molecule has 1 aliphatic rings. The maximum absolute atomic E-state index is 12.3. The number of carbonyl (C=O) groups is 1. The first-order chi connectivity index (χ1) is 10.8. The van der Waals surface area contributed by atoms with Crippen LogP contribution < -0.4 is 4.90 Å².